The Morgan fingerprint density at radius 1 is 1.09 bits per heavy atom. The number of rotatable bonds is 3. The molecule has 1 N–H and O–H groups in total. The minimum Gasteiger partial charge on any atom is -0.338 e. The topological polar surface area (TPSA) is 104 Å². The summed E-state index contributed by atoms with van der Waals surface area (Å²) in [7, 11) is 0. The van der Waals surface area contributed by atoms with Crippen LogP contribution in [-0.4, -0.2) is 56.7 Å². The highest BCUT2D eigenvalue weighted by Crippen LogP contribution is 2.09. The third kappa shape index (κ3) is 3.44. The maximum absolute atomic E-state index is 12.3. The fourth-order valence-electron chi connectivity index (χ4n) is 2.43. The molecule has 0 unspecified atom stereocenters. The Bertz CT molecular complexity index is 792. The highest BCUT2D eigenvalue weighted by Gasteiger charge is 2.22. The lowest BCUT2D eigenvalue weighted by atomic mass is 10.3. The largest absolute Gasteiger partial charge is 0.338 e. The number of carbonyl (C=O) groups excluding carboxylic acids is 1. The van der Waals surface area contributed by atoms with Crippen LogP contribution in [0, 0.1) is 0 Å². The zero-order valence-corrected chi connectivity index (χ0v) is 12.4. The first kappa shape index (κ1) is 14.9. The quantitative estimate of drug-likeness (QED) is 0.753. The number of amides is 1. The Morgan fingerprint density at radius 2 is 1.78 bits per heavy atom. The van der Waals surface area contributed by atoms with Gasteiger partial charge in [0.05, 0.1) is 0 Å². The van der Waals surface area contributed by atoms with Crippen molar-refractivity contribution in [2.75, 3.05) is 31.1 Å². The molecule has 0 saturated carbocycles. The number of nitrogens with one attached hydrogen (secondary N) is 1. The van der Waals surface area contributed by atoms with E-state index in [9.17, 15) is 14.4 Å². The van der Waals surface area contributed by atoms with E-state index in [0.717, 1.165) is 16.8 Å². The van der Waals surface area contributed by atoms with Gasteiger partial charge in [-0.1, -0.05) is 0 Å². The normalized spacial score (nSPS) is 14.8. The summed E-state index contributed by atoms with van der Waals surface area (Å²) in [6.45, 7) is 2.11. The number of carbonyl (C=O) groups is 1. The van der Waals surface area contributed by atoms with Gasteiger partial charge in [0.1, 0.15) is 6.54 Å². The van der Waals surface area contributed by atoms with E-state index in [4.69, 9.17) is 0 Å². The third-order valence-corrected chi connectivity index (χ3v) is 3.65. The van der Waals surface area contributed by atoms with E-state index >= 15 is 0 Å². The van der Waals surface area contributed by atoms with Gasteiger partial charge in [-0.15, -0.1) is 0 Å². The molecule has 1 amide bonds. The number of piperazine rings is 1. The van der Waals surface area contributed by atoms with Crippen molar-refractivity contribution in [1.82, 2.24) is 24.6 Å². The predicted molar refractivity (Wildman–Crippen MR) is 82.1 cm³/mol. The fraction of sp³-hybridized carbons (Fsp3) is 0.357. The molecule has 9 nitrogen and oxygen atoms in total. The predicted octanol–water partition coefficient (Wildman–Crippen LogP) is -1.32. The summed E-state index contributed by atoms with van der Waals surface area (Å²) in [6.07, 6.45) is 3.36. The van der Waals surface area contributed by atoms with Crippen LogP contribution in [0.5, 0.6) is 0 Å². The highest BCUT2D eigenvalue weighted by atomic mass is 16.2. The second kappa shape index (κ2) is 6.42. The first-order chi connectivity index (χ1) is 11.1. The molecular formula is C14H16N6O3. The molecule has 1 saturated heterocycles. The van der Waals surface area contributed by atoms with E-state index in [2.05, 4.69) is 15.1 Å². The van der Waals surface area contributed by atoms with E-state index in [1.165, 1.54) is 0 Å². The van der Waals surface area contributed by atoms with Crippen LogP contribution in [0.15, 0.2) is 40.2 Å². The Kier molecular flexibility index (Phi) is 4.18. The molecule has 3 rings (SSSR count). The second-order valence-corrected chi connectivity index (χ2v) is 5.15. The molecule has 0 atom stereocenters. The molecule has 0 aliphatic carbocycles. The maximum atomic E-state index is 12.3. The summed E-state index contributed by atoms with van der Waals surface area (Å²) in [5.41, 5.74) is -0.822. The van der Waals surface area contributed by atoms with Crippen LogP contribution in [0.1, 0.15) is 0 Å². The summed E-state index contributed by atoms with van der Waals surface area (Å²) < 4.78 is 1.03. The van der Waals surface area contributed by atoms with Crippen molar-refractivity contribution < 1.29 is 4.79 Å². The van der Waals surface area contributed by atoms with Crippen LogP contribution in [0.2, 0.25) is 0 Å². The Labute approximate surface area is 131 Å². The van der Waals surface area contributed by atoms with Gasteiger partial charge in [-0.3, -0.25) is 19.5 Å². The van der Waals surface area contributed by atoms with Gasteiger partial charge in [0.15, 0.2) is 0 Å². The second-order valence-electron chi connectivity index (χ2n) is 5.15. The van der Waals surface area contributed by atoms with Crippen molar-refractivity contribution in [3.8, 4) is 0 Å². The summed E-state index contributed by atoms with van der Waals surface area (Å²) in [5.74, 6) is 0.436. The van der Waals surface area contributed by atoms with Gasteiger partial charge in [0, 0.05) is 50.7 Å². The van der Waals surface area contributed by atoms with E-state index in [1.807, 2.05) is 4.90 Å². The van der Waals surface area contributed by atoms with Crippen LogP contribution < -0.4 is 16.0 Å². The molecule has 23 heavy (non-hydrogen) atoms. The van der Waals surface area contributed by atoms with Crippen LogP contribution in [0.25, 0.3) is 0 Å². The van der Waals surface area contributed by atoms with Crippen LogP contribution in [-0.2, 0) is 11.3 Å². The lowest BCUT2D eigenvalue weighted by Crippen LogP contribution is -2.50. The average molecular weight is 316 g/mol. The van der Waals surface area contributed by atoms with Crippen molar-refractivity contribution >= 4 is 11.9 Å². The minimum atomic E-state index is -0.413. The van der Waals surface area contributed by atoms with Gasteiger partial charge in [-0.05, 0) is 6.07 Å². The lowest BCUT2D eigenvalue weighted by Gasteiger charge is -2.34. The number of hydrogen-bond donors (Lipinski definition) is 1. The van der Waals surface area contributed by atoms with Crippen molar-refractivity contribution in [3.63, 3.8) is 0 Å². The molecule has 3 heterocycles. The van der Waals surface area contributed by atoms with E-state index in [1.54, 1.807) is 23.4 Å². The van der Waals surface area contributed by atoms with Crippen LogP contribution in [0.3, 0.4) is 0 Å². The van der Waals surface area contributed by atoms with Crippen LogP contribution in [0.4, 0.5) is 5.95 Å². The van der Waals surface area contributed by atoms with E-state index in [-0.39, 0.29) is 12.5 Å². The van der Waals surface area contributed by atoms with E-state index < -0.39 is 11.1 Å². The number of nitrogens with zero attached hydrogens (tertiary/aromatic N) is 5. The average Bonchev–Trinajstić information content (AvgIpc) is 2.59. The van der Waals surface area contributed by atoms with Crippen molar-refractivity contribution in [2.45, 2.75) is 6.54 Å². The van der Waals surface area contributed by atoms with Gasteiger partial charge in [0.25, 0.3) is 11.1 Å². The number of hydrogen-bond acceptors (Lipinski definition) is 6. The van der Waals surface area contributed by atoms with Gasteiger partial charge < -0.3 is 9.80 Å². The number of aromatic nitrogens is 4. The molecule has 9 heteroatoms. The minimum absolute atomic E-state index is 0.170. The van der Waals surface area contributed by atoms with Gasteiger partial charge >= 0.3 is 0 Å². The third-order valence-electron chi connectivity index (χ3n) is 3.65. The van der Waals surface area contributed by atoms with E-state index in [0.29, 0.717) is 32.1 Å². The molecule has 1 aliphatic rings. The number of H-pyrrole nitrogens is 1. The molecule has 2 aromatic rings. The summed E-state index contributed by atoms with van der Waals surface area (Å²) in [6, 6.07) is 4.04. The zero-order valence-electron chi connectivity index (χ0n) is 12.4. The first-order valence-corrected chi connectivity index (χ1v) is 7.23. The zero-order chi connectivity index (χ0) is 16.2. The number of anilines is 1. The van der Waals surface area contributed by atoms with Crippen molar-refractivity contribution in [1.29, 1.82) is 0 Å². The first-order valence-electron chi connectivity index (χ1n) is 7.23. The highest BCUT2D eigenvalue weighted by molar-refractivity contribution is 5.76. The molecule has 2 aromatic heterocycles. The van der Waals surface area contributed by atoms with Crippen LogP contribution >= 0.6 is 0 Å². The molecule has 0 aromatic carbocycles. The van der Waals surface area contributed by atoms with Gasteiger partial charge in [0.2, 0.25) is 11.9 Å². The molecule has 0 spiro atoms. The lowest BCUT2D eigenvalue weighted by molar-refractivity contribution is -0.132. The Morgan fingerprint density at radius 3 is 2.48 bits per heavy atom. The van der Waals surface area contributed by atoms with Gasteiger partial charge in [-0.25, -0.2) is 14.6 Å². The molecule has 1 aliphatic heterocycles. The monoisotopic (exact) mass is 316 g/mol. The van der Waals surface area contributed by atoms with Crippen molar-refractivity contribution in [3.05, 3.63) is 51.3 Å². The smallest absolute Gasteiger partial charge is 0.265 e. The Balaban J connectivity index is 1.61. The standard InChI is InChI=1S/C14H16N6O3/c21-11-2-3-12(22)20(17-11)10-13(23)18-6-8-19(9-7-18)14-15-4-1-5-16-14/h1-5H,6-10H2,(H,17,21). The molecular weight excluding hydrogens is 300 g/mol. The maximum Gasteiger partial charge on any atom is 0.265 e. The Hall–Kier alpha value is -2.97. The molecule has 0 radical (unpaired) electrons. The SMILES string of the molecule is O=C(Cn1[nH]c(=O)ccc1=O)N1CCN(c2ncccn2)CC1. The molecule has 1 fully saturated rings. The fourth-order valence-corrected chi connectivity index (χ4v) is 2.43. The molecule has 120 valence electrons. The van der Waals surface area contributed by atoms with Crippen molar-refractivity contribution in [2.24, 2.45) is 0 Å². The summed E-state index contributed by atoms with van der Waals surface area (Å²) >= 11 is 0. The summed E-state index contributed by atoms with van der Waals surface area (Å²) in [4.78, 5) is 47.2. The van der Waals surface area contributed by atoms with Gasteiger partial charge in [-0.2, -0.15) is 0 Å². The number of aromatic amines is 1. The summed E-state index contributed by atoms with van der Waals surface area (Å²) in [5, 5.41) is 2.35. The molecule has 0 bridgehead atoms.